The molecule has 0 saturated carbocycles. The maximum atomic E-state index is 5.22. The number of hydrogen-bond acceptors (Lipinski definition) is 2. The Balaban J connectivity index is 2.42. The zero-order valence-electron chi connectivity index (χ0n) is 7.71. The van der Waals surface area contributed by atoms with E-state index in [9.17, 15) is 0 Å². The molecule has 0 saturated heterocycles. The van der Waals surface area contributed by atoms with Crippen LogP contribution in [-0.4, -0.2) is 11.0 Å². The van der Waals surface area contributed by atoms with Crippen LogP contribution in [0.15, 0.2) is 24.3 Å². The molecule has 0 aliphatic rings. The Bertz CT molecular complexity index is 222. The first-order chi connectivity index (χ1) is 6.86. The number of hydrogen-bond donors (Lipinski definition) is 0. The minimum atomic E-state index is 0.571. The van der Waals surface area contributed by atoms with Crippen molar-refractivity contribution in [2.24, 2.45) is 0 Å². The quantitative estimate of drug-likeness (QED) is 0.747. The molecule has 1 aromatic carbocycles. The molecule has 4 heteroatoms. The molecule has 0 aromatic heterocycles. The number of ether oxygens (including phenoxy) is 2. The van der Waals surface area contributed by atoms with Crippen LogP contribution >= 0.6 is 31.9 Å². The molecule has 0 atom stereocenters. The summed E-state index contributed by atoms with van der Waals surface area (Å²) in [6, 6.07) is 8.20. The topological polar surface area (TPSA) is 18.5 Å². The minimum Gasteiger partial charge on any atom is -0.366 e. The Kier molecular flexibility index (Phi) is 6.43. The van der Waals surface area contributed by atoms with Crippen LogP contribution in [0.4, 0.5) is 0 Å². The first-order valence-electron chi connectivity index (χ1n) is 4.22. The summed E-state index contributed by atoms with van der Waals surface area (Å²) >= 11 is 6.42. The van der Waals surface area contributed by atoms with Crippen LogP contribution in [0, 0.1) is 0 Å². The average molecular weight is 324 g/mol. The fraction of sp³-hybridized carbons (Fsp3) is 0.400. The second-order valence-corrected chi connectivity index (χ2v) is 3.65. The van der Waals surface area contributed by atoms with Gasteiger partial charge in [-0.25, -0.2) is 0 Å². The van der Waals surface area contributed by atoms with Gasteiger partial charge in [-0.05, 0) is 11.1 Å². The third kappa shape index (κ3) is 4.55. The SMILES string of the molecule is BrCOCc1ccc(COCBr)cc1. The maximum Gasteiger partial charge on any atom is 0.102 e. The normalized spacial score (nSPS) is 10.4. The fourth-order valence-corrected chi connectivity index (χ4v) is 1.37. The average Bonchev–Trinajstić information content (AvgIpc) is 2.25. The van der Waals surface area contributed by atoms with Crippen molar-refractivity contribution in [3.05, 3.63) is 35.4 Å². The zero-order chi connectivity index (χ0) is 10.2. The Morgan fingerprint density at radius 3 is 1.43 bits per heavy atom. The summed E-state index contributed by atoms with van der Waals surface area (Å²) in [7, 11) is 0. The smallest absolute Gasteiger partial charge is 0.102 e. The van der Waals surface area contributed by atoms with Crippen molar-refractivity contribution in [3.8, 4) is 0 Å². The predicted octanol–water partition coefficient (Wildman–Crippen LogP) is 3.42. The van der Waals surface area contributed by atoms with Crippen molar-refractivity contribution in [2.75, 3.05) is 11.0 Å². The van der Waals surface area contributed by atoms with Gasteiger partial charge >= 0.3 is 0 Å². The maximum absolute atomic E-state index is 5.22. The largest absolute Gasteiger partial charge is 0.366 e. The third-order valence-electron chi connectivity index (χ3n) is 1.71. The lowest BCUT2D eigenvalue weighted by Crippen LogP contribution is -1.93. The Morgan fingerprint density at radius 2 is 1.14 bits per heavy atom. The molecule has 1 aromatic rings. The predicted molar refractivity (Wildman–Crippen MR) is 63.6 cm³/mol. The highest BCUT2D eigenvalue weighted by molar-refractivity contribution is 9.09. The van der Waals surface area contributed by atoms with E-state index < -0.39 is 0 Å². The molecule has 0 aliphatic heterocycles. The van der Waals surface area contributed by atoms with Crippen LogP contribution in [0.3, 0.4) is 0 Å². The highest BCUT2D eigenvalue weighted by Crippen LogP contribution is 2.07. The summed E-state index contributed by atoms with van der Waals surface area (Å²) in [4.78, 5) is 0. The van der Waals surface area contributed by atoms with Crippen molar-refractivity contribution in [1.29, 1.82) is 0 Å². The Morgan fingerprint density at radius 1 is 0.786 bits per heavy atom. The second-order valence-electron chi connectivity index (χ2n) is 2.73. The van der Waals surface area contributed by atoms with E-state index in [4.69, 9.17) is 9.47 Å². The van der Waals surface area contributed by atoms with E-state index in [1.807, 2.05) is 0 Å². The summed E-state index contributed by atoms with van der Waals surface area (Å²) < 4.78 is 10.4. The van der Waals surface area contributed by atoms with E-state index in [-0.39, 0.29) is 0 Å². The van der Waals surface area contributed by atoms with Gasteiger partial charge in [0.2, 0.25) is 0 Å². The van der Waals surface area contributed by atoms with Crippen molar-refractivity contribution in [3.63, 3.8) is 0 Å². The van der Waals surface area contributed by atoms with Gasteiger partial charge in [-0.1, -0.05) is 56.1 Å². The van der Waals surface area contributed by atoms with Crippen molar-refractivity contribution in [1.82, 2.24) is 0 Å². The molecule has 14 heavy (non-hydrogen) atoms. The number of alkyl halides is 2. The van der Waals surface area contributed by atoms with E-state index in [1.54, 1.807) is 0 Å². The molecule has 2 nitrogen and oxygen atoms in total. The Hall–Kier alpha value is 0.100. The van der Waals surface area contributed by atoms with Gasteiger partial charge in [-0.3, -0.25) is 0 Å². The molecular weight excluding hydrogens is 312 g/mol. The lowest BCUT2D eigenvalue weighted by Gasteiger charge is -2.03. The van der Waals surface area contributed by atoms with Gasteiger partial charge in [-0.15, -0.1) is 0 Å². The molecule has 78 valence electrons. The summed E-state index contributed by atoms with van der Waals surface area (Å²) in [6.45, 7) is 1.29. The second kappa shape index (κ2) is 7.40. The highest BCUT2D eigenvalue weighted by atomic mass is 79.9. The van der Waals surface area contributed by atoms with Crippen LogP contribution in [-0.2, 0) is 22.7 Å². The van der Waals surface area contributed by atoms with Crippen molar-refractivity contribution < 1.29 is 9.47 Å². The molecule has 0 spiro atoms. The molecule has 0 amide bonds. The molecule has 0 unspecified atom stereocenters. The molecule has 0 aliphatic carbocycles. The van der Waals surface area contributed by atoms with Crippen molar-refractivity contribution in [2.45, 2.75) is 13.2 Å². The van der Waals surface area contributed by atoms with E-state index in [1.165, 1.54) is 11.1 Å². The molecule has 0 fully saturated rings. The van der Waals surface area contributed by atoms with E-state index in [0.29, 0.717) is 24.2 Å². The van der Waals surface area contributed by atoms with Gasteiger partial charge in [0.1, 0.15) is 11.0 Å². The van der Waals surface area contributed by atoms with E-state index >= 15 is 0 Å². The molecule has 1 rings (SSSR count). The molecule has 0 bridgehead atoms. The first kappa shape index (κ1) is 12.2. The number of benzene rings is 1. The van der Waals surface area contributed by atoms with Gasteiger partial charge in [0.15, 0.2) is 0 Å². The third-order valence-corrected chi connectivity index (χ3v) is 2.36. The molecular formula is C10H12Br2O2. The van der Waals surface area contributed by atoms with Crippen LogP contribution in [0.5, 0.6) is 0 Å². The first-order valence-corrected chi connectivity index (χ1v) is 6.46. The molecule has 0 heterocycles. The van der Waals surface area contributed by atoms with Crippen molar-refractivity contribution >= 4 is 31.9 Å². The van der Waals surface area contributed by atoms with Gasteiger partial charge in [0.25, 0.3) is 0 Å². The zero-order valence-corrected chi connectivity index (χ0v) is 10.9. The van der Waals surface area contributed by atoms with E-state index in [0.717, 1.165) is 0 Å². The lowest BCUT2D eigenvalue weighted by atomic mass is 10.1. The lowest BCUT2D eigenvalue weighted by molar-refractivity contribution is 0.170. The van der Waals surface area contributed by atoms with Crippen LogP contribution in [0.25, 0.3) is 0 Å². The summed E-state index contributed by atoms with van der Waals surface area (Å²) in [6.07, 6.45) is 0. The standard InChI is InChI=1S/C10H12Br2O2/c11-7-13-5-9-1-2-10(4-3-9)6-14-8-12/h1-4H,5-8H2. The fourth-order valence-electron chi connectivity index (χ4n) is 1.04. The van der Waals surface area contributed by atoms with Crippen LogP contribution < -0.4 is 0 Å². The van der Waals surface area contributed by atoms with E-state index in [2.05, 4.69) is 56.1 Å². The van der Waals surface area contributed by atoms with Crippen LogP contribution in [0.2, 0.25) is 0 Å². The summed E-state index contributed by atoms with van der Waals surface area (Å²) in [5, 5.41) is 0. The summed E-state index contributed by atoms with van der Waals surface area (Å²) in [5.41, 5.74) is 3.49. The molecule has 0 N–H and O–H groups in total. The number of rotatable bonds is 6. The Labute approximate surface area is 101 Å². The van der Waals surface area contributed by atoms with Gasteiger partial charge in [-0.2, -0.15) is 0 Å². The monoisotopic (exact) mass is 322 g/mol. The highest BCUT2D eigenvalue weighted by Gasteiger charge is 1.94. The van der Waals surface area contributed by atoms with Crippen LogP contribution in [0.1, 0.15) is 11.1 Å². The summed E-state index contributed by atoms with van der Waals surface area (Å²) in [5.74, 6) is 0. The van der Waals surface area contributed by atoms with Gasteiger partial charge in [0.05, 0.1) is 13.2 Å². The van der Waals surface area contributed by atoms with Gasteiger partial charge < -0.3 is 9.47 Å². The minimum absolute atomic E-state index is 0.571. The number of halogens is 2. The molecule has 0 radical (unpaired) electrons. The van der Waals surface area contributed by atoms with Gasteiger partial charge in [0, 0.05) is 0 Å².